The summed E-state index contributed by atoms with van der Waals surface area (Å²) in [7, 11) is 0. The largest absolute Gasteiger partial charge is 0.384 e. The fourth-order valence-corrected chi connectivity index (χ4v) is 1.40. The number of hydrogen-bond acceptors (Lipinski definition) is 2. The number of rotatable bonds is 2. The van der Waals surface area contributed by atoms with Crippen molar-refractivity contribution < 1.29 is 18.7 Å². The molecule has 3 nitrogen and oxygen atoms in total. The highest BCUT2D eigenvalue weighted by molar-refractivity contribution is 5.80. The summed E-state index contributed by atoms with van der Waals surface area (Å²) in [6.45, 7) is 1.25. The Hall–Kier alpha value is -0.710. The third kappa shape index (κ3) is 2.37. The first-order valence-corrected chi connectivity index (χ1v) is 4.30. The van der Waals surface area contributed by atoms with Crippen molar-refractivity contribution in [2.75, 3.05) is 0 Å². The lowest BCUT2D eigenvalue weighted by atomic mass is 10.2. The number of aliphatic hydroxyl groups is 1. The van der Waals surface area contributed by atoms with E-state index < -0.39 is 24.0 Å². The zero-order chi connectivity index (χ0) is 10.1. The maximum absolute atomic E-state index is 12.9. The Kier molecular flexibility index (Phi) is 2.85. The molecule has 5 heteroatoms. The number of amides is 1. The van der Waals surface area contributed by atoms with Crippen LogP contribution in [0.3, 0.4) is 0 Å². The van der Waals surface area contributed by atoms with E-state index in [-0.39, 0.29) is 12.8 Å². The van der Waals surface area contributed by atoms with Gasteiger partial charge in [-0.1, -0.05) is 0 Å². The van der Waals surface area contributed by atoms with Gasteiger partial charge in [-0.2, -0.15) is 0 Å². The average molecular weight is 193 g/mol. The van der Waals surface area contributed by atoms with E-state index in [2.05, 4.69) is 5.32 Å². The van der Waals surface area contributed by atoms with Crippen LogP contribution < -0.4 is 5.32 Å². The SMILES string of the molecule is C[C@@H](O)C(=O)NC1CCCC1(F)F. The topological polar surface area (TPSA) is 49.3 Å². The number of nitrogens with one attached hydrogen (secondary N) is 1. The number of aliphatic hydroxyl groups excluding tert-OH is 1. The third-order valence-corrected chi connectivity index (χ3v) is 2.21. The van der Waals surface area contributed by atoms with Crippen LogP contribution in [0.25, 0.3) is 0 Å². The van der Waals surface area contributed by atoms with Crippen LogP contribution in [0.2, 0.25) is 0 Å². The van der Waals surface area contributed by atoms with E-state index in [4.69, 9.17) is 5.11 Å². The van der Waals surface area contributed by atoms with Crippen molar-refractivity contribution in [3.05, 3.63) is 0 Å². The molecule has 2 N–H and O–H groups in total. The molecule has 0 aromatic carbocycles. The van der Waals surface area contributed by atoms with E-state index in [0.29, 0.717) is 6.42 Å². The molecule has 0 aromatic heterocycles. The molecule has 0 aromatic rings. The number of hydrogen-bond donors (Lipinski definition) is 2. The van der Waals surface area contributed by atoms with Gasteiger partial charge in [0, 0.05) is 6.42 Å². The van der Waals surface area contributed by atoms with Crippen LogP contribution in [-0.4, -0.2) is 29.1 Å². The smallest absolute Gasteiger partial charge is 0.267 e. The highest BCUT2D eigenvalue weighted by Gasteiger charge is 2.44. The summed E-state index contributed by atoms with van der Waals surface area (Å²) >= 11 is 0. The Balaban J connectivity index is 2.50. The Morgan fingerprint density at radius 1 is 1.69 bits per heavy atom. The van der Waals surface area contributed by atoms with Crippen LogP contribution in [0.15, 0.2) is 0 Å². The van der Waals surface area contributed by atoms with Gasteiger partial charge in [0.15, 0.2) is 0 Å². The lowest BCUT2D eigenvalue weighted by molar-refractivity contribution is -0.132. The fourth-order valence-electron chi connectivity index (χ4n) is 1.40. The monoisotopic (exact) mass is 193 g/mol. The predicted molar refractivity (Wildman–Crippen MR) is 42.4 cm³/mol. The first-order valence-electron chi connectivity index (χ1n) is 4.30. The lowest BCUT2D eigenvalue weighted by Gasteiger charge is -2.20. The highest BCUT2D eigenvalue weighted by Crippen LogP contribution is 2.34. The predicted octanol–water partition coefficient (Wildman–Crippen LogP) is 0.671. The number of carbonyl (C=O) groups excluding carboxylic acids is 1. The summed E-state index contributed by atoms with van der Waals surface area (Å²) in [5, 5.41) is 10.9. The van der Waals surface area contributed by atoms with Gasteiger partial charge in [-0.3, -0.25) is 4.79 Å². The van der Waals surface area contributed by atoms with E-state index >= 15 is 0 Å². The summed E-state index contributed by atoms with van der Waals surface area (Å²) in [5.41, 5.74) is 0. The van der Waals surface area contributed by atoms with E-state index in [1.807, 2.05) is 0 Å². The number of carbonyl (C=O) groups is 1. The summed E-state index contributed by atoms with van der Waals surface area (Å²) in [6.07, 6.45) is -0.711. The molecule has 1 saturated carbocycles. The van der Waals surface area contributed by atoms with Crippen molar-refractivity contribution in [1.29, 1.82) is 0 Å². The van der Waals surface area contributed by atoms with Gasteiger partial charge < -0.3 is 10.4 Å². The molecule has 2 atom stereocenters. The first-order chi connectivity index (χ1) is 5.93. The molecule has 0 saturated heterocycles. The molecule has 0 heterocycles. The number of halogens is 2. The Labute approximate surface area is 75.1 Å². The van der Waals surface area contributed by atoms with E-state index in [0.717, 1.165) is 0 Å². The van der Waals surface area contributed by atoms with Crippen molar-refractivity contribution in [2.45, 2.75) is 44.3 Å². The van der Waals surface area contributed by atoms with Crippen molar-refractivity contribution >= 4 is 5.91 Å². The molecule has 1 amide bonds. The second-order valence-corrected chi connectivity index (χ2v) is 3.39. The zero-order valence-electron chi connectivity index (χ0n) is 7.39. The first kappa shape index (κ1) is 10.4. The lowest BCUT2D eigenvalue weighted by Crippen LogP contribution is -2.47. The second kappa shape index (κ2) is 3.57. The Bertz CT molecular complexity index is 206. The third-order valence-electron chi connectivity index (χ3n) is 2.21. The molecule has 0 radical (unpaired) electrons. The Morgan fingerprint density at radius 2 is 2.31 bits per heavy atom. The molecule has 76 valence electrons. The molecule has 0 spiro atoms. The molecule has 1 unspecified atom stereocenters. The van der Waals surface area contributed by atoms with Gasteiger partial charge in [0.05, 0.1) is 6.04 Å². The molecule has 1 aliphatic carbocycles. The summed E-state index contributed by atoms with van der Waals surface area (Å²) in [5.74, 6) is -3.54. The van der Waals surface area contributed by atoms with Gasteiger partial charge in [0.2, 0.25) is 5.91 Å². The molecular weight excluding hydrogens is 180 g/mol. The average Bonchev–Trinajstić information content (AvgIpc) is 2.30. The van der Waals surface area contributed by atoms with Gasteiger partial charge in [0.1, 0.15) is 6.10 Å². The molecular formula is C8H13F2NO2. The summed E-state index contributed by atoms with van der Waals surface area (Å²) < 4.78 is 25.9. The fraction of sp³-hybridized carbons (Fsp3) is 0.875. The van der Waals surface area contributed by atoms with E-state index in [9.17, 15) is 13.6 Å². The number of alkyl halides is 2. The van der Waals surface area contributed by atoms with E-state index in [1.165, 1.54) is 6.92 Å². The maximum Gasteiger partial charge on any atom is 0.267 e. The van der Waals surface area contributed by atoms with Crippen LogP contribution >= 0.6 is 0 Å². The van der Waals surface area contributed by atoms with Crippen molar-refractivity contribution in [3.8, 4) is 0 Å². The van der Waals surface area contributed by atoms with Gasteiger partial charge in [-0.05, 0) is 19.8 Å². The minimum absolute atomic E-state index is 0.183. The summed E-state index contributed by atoms with van der Waals surface area (Å²) in [6, 6.07) is -1.10. The van der Waals surface area contributed by atoms with Crippen LogP contribution in [-0.2, 0) is 4.79 Å². The Morgan fingerprint density at radius 3 is 2.69 bits per heavy atom. The van der Waals surface area contributed by atoms with Crippen molar-refractivity contribution in [3.63, 3.8) is 0 Å². The molecule has 1 fully saturated rings. The minimum Gasteiger partial charge on any atom is -0.384 e. The zero-order valence-corrected chi connectivity index (χ0v) is 7.39. The van der Waals surface area contributed by atoms with Crippen LogP contribution in [0, 0.1) is 0 Å². The normalized spacial score (nSPS) is 28.5. The molecule has 1 rings (SSSR count). The van der Waals surface area contributed by atoms with Crippen LogP contribution in [0.5, 0.6) is 0 Å². The summed E-state index contributed by atoms with van der Waals surface area (Å²) in [4.78, 5) is 10.9. The van der Waals surface area contributed by atoms with Gasteiger partial charge in [-0.15, -0.1) is 0 Å². The molecule has 0 aliphatic heterocycles. The van der Waals surface area contributed by atoms with Crippen molar-refractivity contribution in [2.24, 2.45) is 0 Å². The molecule has 13 heavy (non-hydrogen) atoms. The van der Waals surface area contributed by atoms with Gasteiger partial charge in [-0.25, -0.2) is 8.78 Å². The quantitative estimate of drug-likeness (QED) is 0.677. The maximum atomic E-state index is 12.9. The van der Waals surface area contributed by atoms with Crippen molar-refractivity contribution in [1.82, 2.24) is 5.32 Å². The van der Waals surface area contributed by atoms with Gasteiger partial charge in [0.25, 0.3) is 5.92 Å². The van der Waals surface area contributed by atoms with Crippen LogP contribution in [0.4, 0.5) is 8.78 Å². The van der Waals surface area contributed by atoms with E-state index in [1.54, 1.807) is 0 Å². The van der Waals surface area contributed by atoms with Gasteiger partial charge >= 0.3 is 0 Å². The van der Waals surface area contributed by atoms with Crippen LogP contribution in [0.1, 0.15) is 26.2 Å². The minimum atomic E-state index is -2.81. The highest BCUT2D eigenvalue weighted by atomic mass is 19.3. The molecule has 1 aliphatic rings. The standard InChI is InChI=1S/C8H13F2NO2/c1-5(12)7(13)11-6-3-2-4-8(6,9)10/h5-6,12H,2-4H2,1H3,(H,11,13)/t5-,6?/m1/s1. The molecule has 0 bridgehead atoms. The second-order valence-electron chi connectivity index (χ2n) is 3.39.